The van der Waals surface area contributed by atoms with Gasteiger partial charge < -0.3 is 9.47 Å². The largest absolute Gasteiger partial charge is 0.352 e. The Morgan fingerprint density at radius 2 is 2.04 bits per heavy atom. The first-order valence-corrected chi connectivity index (χ1v) is 9.27. The van der Waals surface area contributed by atoms with E-state index in [4.69, 9.17) is 5.10 Å². The summed E-state index contributed by atoms with van der Waals surface area (Å²) in [6, 6.07) is 6.02. The van der Waals surface area contributed by atoms with E-state index in [1.807, 2.05) is 16.6 Å². The second-order valence-electron chi connectivity index (χ2n) is 7.60. The monoisotopic (exact) mass is 366 g/mol. The van der Waals surface area contributed by atoms with E-state index in [-0.39, 0.29) is 5.56 Å². The van der Waals surface area contributed by atoms with E-state index in [0.717, 1.165) is 36.1 Å². The molecule has 0 aromatic carbocycles. The molecule has 4 heterocycles. The van der Waals surface area contributed by atoms with E-state index in [9.17, 15) is 4.79 Å². The zero-order valence-electron chi connectivity index (χ0n) is 15.5. The van der Waals surface area contributed by atoms with Crippen LogP contribution >= 0.6 is 0 Å². The van der Waals surface area contributed by atoms with Crippen LogP contribution < -0.4 is 10.5 Å². The Bertz CT molecular complexity index is 1050. The zero-order chi connectivity index (χ0) is 18.5. The fourth-order valence-electron chi connectivity index (χ4n) is 3.45. The van der Waals surface area contributed by atoms with Gasteiger partial charge in [-0.15, -0.1) is 15.3 Å². The molecule has 2 aliphatic rings. The van der Waals surface area contributed by atoms with Crippen molar-refractivity contribution in [1.82, 2.24) is 34.3 Å². The Balaban J connectivity index is 1.26. The minimum absolute atomic E-state index is 0.0263. The first kappa shape index (κ1) is 16.4. The molecule has 0 unspecified atom stereocenters. The van der Waals surface area contributed by atoms with Crippen LogP contribution in [0.15, 0.2) is 29.3 Å². The Kier molecular flexibility index (Phi) is 3.71. The molecule has 9 nitrogen and oxygen atoms in total. The maximum atomic E-state index is 11.8. The minimum Gasteiger partial charge on any atom is -0.352 e. The van der Waals surface area contributed by atoms with Crippen molar-refractivity contribution in [1.29, 1.82) is 0 Å². The average molecular weight is 366 g/mol. The van der Waals surface area contributed by atoms with Crippen LogP contribution in [-0.4, -0.2) is 60.4 Å². The smallest absolute Gasteiger partial charge is 0.253 e. The first-order chi connectivity index (χ1) is 13.1. The Morgan fingerprint density at radius 3 is 2.78 bits per heavy atom. The summed E-state index contributed by atoms with van der Waals surface area (Å²) in [7, 11) is 3.78. The van der Waals surface area contributed by atoms with Gasteiger partial charge in [-0.25, -0.2) is 4.98 Å². The molecule has 3 aromatic rings. The fraction of sp³-hybridized carbons (Fsp3) is 0.500. The molecule has 1 saturated carbocycles. The van der Waals surface area contributed by atoms with Gasteiger partial charge in [0.2, 0.25) is 0 Å². The van der Waals surface area contributed by atoms with Gasteiger partial charge in [-0.1, -0.05) is 0 Å². The third kappa shape index (κ3) is 2.97. The maximum absolute atomic E-state index is 11.8. The van der Waals surface area contributed by atoms with Crippen molar-refractivity contribution < 1.29 is 0 Å². The molecule has 3 aromatic heterocycles. The summed E-state index contributed by atoms with van der Waals surface area (Å²) in [6.07, 6.45) is 3.94. The van der Waals surface area contributed by atoms with Crippen molar-refractivity contribution in [2.45, 2.75) is 31.3 Å². The van der Waals surface area contributed by atoms with Crippen LogP contribution in [0.5, 0.6) is 0 Å². The summed E-state index contributed by atoms with van der Waals surface area (Å²) in [4.78, 5) is 20.6. The Labute approximate surface area is 156 Å². The van der Waals surface area contributed by atoms with Crippen molar-refractivity contribution in [3.8, 4) is 0 Å². The second kappa shape index (κ2) is 6.12. The maximum Gasteiger partial charge on any atom is 0.253 e. The van der Waals surface area contributed by atoms with Gasteiger partial charge in [0, 0.05) is 44.7 Å². The fourth-order valence-corrected chi connectivity index (χ4v) is 3.45. The Morgan fingerprint density at radius 1 is 1.22 bits per heavy atom. The van der Waals surface area contributed by atoms with Crippen molar-refractivity contribution in [2.24, 2.45) is 7.05 Å². The van der Waals surface area contributed by atoms with Gasteiger partial charge in [-0.3, -0.25) is 9.69 Å². The van der Waals surface area contributed by atoms with Crippen LogP contribution in [0.1, 0.15) is 30.3 Å². The van der Waals surface area contributed by atoms with Crippen LogP contribution in [-0.2, 0) is 13.6 Å². The number of fused-ring (bicyclic) bond motifs is 1. The third-order valence-electron chi connectivity index (χ3n) is 5.47. The number of nitrogens with zero attached hydrogens (tertiary/aromatic N) is 8. The molecule has 0 atom stereocenters. The highest BCUT2D eigenvalue weighted by molar-refractivity contribution is 5.48. The van der Waals surface area contributed by atoms with Crippen LogP contribution in [0.4, 0.5) is 5.82 Å². The highest BCUT2D eigenvalue weighted by atomic mass is 16.1. The number of aromatic nitrogens is 6. The summed E-state index contributed by atoms with van der Waals surface area (Å²) in [5.41, 5.74) is 1.59. The average Bonchev–Trinajstić information content (AvgIpc) is 3.36. The predicted molar refractivity (Wildman–Crippen MR) is 99.7 cm³/mol. The zero-order valence-corrected chi connectivity index (χ0v) is 15.5. The number of hydrogen-bond acceptors (Lipinski definition) is 7. The lowest BCUT2D eigenvalue weighted by molar-refractivity contribution is 0.194. The molecule has 1 aliphatic heterocycles. The summed E-state index contributed by atoms with van der Waals surface area (Å²) < 4.78 is 3.38. The molecule has 0 amide bonds. The molecule has 2 fully saturated rings. The normalized spacial score (nSPS) is 17.7. The van der Waals surface area contributed by atoms with Crippen LogP contribution in [0, 0.1) is 0 Å². The molecule has 1 aliphatic carbocycles. The SMILES string of the molecule is CN(Cc1cc(=O)n(C)cn1)C1CN(c2ccc3nnc(C4CC4)n3n2)C1. The van der Waals surface area contributed by atoms with E-state index in [1.54, 1.807) is 19.4 Å². The molecule has 140 valence electrons. The van der Waals surface area contributed by atoms with Crippen molar-refractivity contribution in [3.63, 3.8) is 0 Å². The van der Waals surface area contributed by atoms with Gasteiger partial charge in [-0.2, -0.15) is 4.52 Å². The summed E-state index contributed by atoms with van der Waals surface area (Å²) >= 11 is 0. The number of likely N-dealkylation sites (N-methyl/N-ethyl adjacent to an activating group) is 1. The summed E-state index contributed by atoms with van der Waals surface area (Å²) in [5, 5.41) is 13.3. The number of anilines is 1. The van der Waals surface area contributed by atoms with Gasteiger partial charge in [0.25, 0.3) is 5.56 Å². The standard InChI is InChI=1S/C18H22N8O/c1-23(8-13-7-17(27)24(2)11-19-13)14-9-25(10-14)16-6-5-15-20-21-18(12-3-4-12)26(15)22-16/h5-7,11-12,14H,3-4,8-10H2,1-2H3. The lowest BCUT2D eigenvalue weighted by Gasteiger charge is -2.44. The highest BCUT2D eigenvalue weighted by Crippen LogP contribution is 2.38. The summed E-state index contributed by atoms with van der Waals surface area (Å²) in [6.45, 7) is 2.47. The van der Waals surface area contributed by atoms with Gasteiger partial charge in [0.1, 0.15) is 5.82 Å². The molecule has 1 saturated heterocycles. The molecule has 0 N–H and O–H groups in total. The topological polar surface area (TPSA) is 84.5 Å². The van der Waals surface area contributed by atoms with Gasteiger partial charge in [-0.05, 0) is 32.0 Å². The minimum atomic E-state index is -0.0263. The lowest BCUT2D eigenvalue weighted by atomic mass is 10.1. The van der Waals surface area contributed by atoms with Crippen LogP contribution in [0.2, 0.25) is 0 Å². The van der Waals surface area contributed by atoms with Crippen LogP contribution in [0.25, 0.3) is 5.65 Å². The van der Waals surface area contributed by atoms with E-state index in [1.165, 1.54) is 17.4 Å². The van der Waals surface area contributed by atoms with Crippen LogP contribution in [0.3, 0.4) is 0 Å². The van der Waals surface area contributed by atoms with Crippen molar-refractivity contribution in [2.75, 3.05) is 25.0 Å². The van der Waals surface area contributed by atoms with E-state index in [0.29, 0.717) is 18.5 Å². The molecule has 27 heavy (non-hydrogen) atoms. The van der Waals surface area contributed by atoms with E-state index in [2.05, 4.69) is 32.0 Å². The number of rotatable bonds is 5. The first-order valence-electron chi connectivity index (χ1n) is 9.27. The molecule has 0 spiro atoms. The number of hydrogen-bond donors (Lipinski definition) is 0. The second-order valence-corrected chi connectivity index (χ2v) is 7.60. The molecule has 0 bridgehead atoms. The lowest BCUT2D eigenvalue weighted by Crippen LogP contribution is -2.58. The van der Waals surface area contributed by atoms with Gasteiger partial charge in [0.05, 0.1) is 12.0 Å². The molecule has 0 radical (unpaired) electrons. The van der Waals surface area contributed by atoms with E-state index < -0.39 is 0 Å². The van der Waals surface area contributed by atoms with Crippen molar-refractivity contribution >= 4 is 11.5 Å². The molecular formula is C18H22N8O. The van der Waals surface area contributed by atoms with Crippen molar-refractivity contribution in [3.05, 3.63) is 46.4 Å². The quantitative estimate of drug-likeness (QED) is 0.647. The van der Waals surface area contributed by atoms with E-state index >= 15 is 0 Å². The van der Waals surface area contributed by atoms with Gasteiger partial charge >= 0.3 is 0 Å². The third-order valence-corrected chi connectivity index (χ3v) is 5.47. The summed E-state index contributed by atoms with van der Waals surface area (Å²) in [5.74, 6) is 2.46. The highest BCUT2D eigenvalue weighted by Gasteiger charge is 2.33. The predicted octanol–water partition coefficient (Wildman–Crippen LogP) is 0.416. The Hall–Kier alpha value is -2.81. The molecule has 9 heteroatoms. The molecule has 5 rings (SSSR count). The molecular weight excluding hydrogens is 344 g/mol. The number of aryl methyl sites for hydroxylation is 1. The van der Waals surface area contributed by atoms with Gasteiger partial charge in [0.15, 0.2) is 11.5 Å².